The molecule has 1 aliphatic rings. The maximum Gasteiger partial charge on any atom is 0.318 e. The van der Waals surface area contributed by atoms with Gasteiger partial charge in [0.25, 0.3) is 0 Å². The van der Waals surface area contributed by atoms with Crippen LogP contribution in [0.4, 0.5) is 4.79 Å². The number of nitrogens with zero attached hydrogens (tertiary/aromatic N) is 4. The molecule has 1 atom stereocenters. The van der Waals surface area contributed by atoms with Crippen molar-refractivity contribution in [2.75, 3.05) is 6.54 Å². The number of nitrogens with one attached hydrogen (secondary N) is 1. The minimum absolute atomic E-state index is 0.124. The summed E-state index contributed by atoms with van der Waals surface area (Å²) < 4.78 is 1.80. The van der Waals surface area contributed by atoms with Gasteiger partial charge in [0, 0.05) is 20.1 Å². The molecule has 1 aromatic carbocycles. The summed E-state index contributed by atoms with van der Waals surface area (Å²) >= 11 is 0. The molecule has 0 saturated heterocycles. The molecule has 0 radical (unpaired) electrons. The Labute approximate surface area is 141 Å². The largest absolute Gasteiger partial charge is 0.508 e. The number of phenolic OH excluding ortho intramolecular Hbond substituents is 1. The highest BCUT2D eigenvalue weighted by Gasteiger charge is 2.28. The fourth-order valence-electron chi connectivity index (χ4n) is 2.73. The maximum atomic E-state index is 12.7. The first kappa shape index (κ1) is 16.3. The van der Waals surface area contributed by atoms with E-state index >= 15 is 0 Å². The van der Waals surface area contributed by atoms with Crippen molar-refractivity contribution in [3.63, 3.8) is 0 Å². The van der Waals surface area contributed by atoms with Crippen molar-refractivity contribution in [2.45, 2.75) is 32.4 Å². The summed E-state index contributed by atoms with van der Waals surface area (Å²) in [4.78, 5) is 14.5. The molecule has 1 aliphatic carbocycles. The Morgan fingerprint density at radius 1 is 1.50 bits per heavy atom. The summed E-state index contributed by atoms with van der Waals surface area (Å²) in [6, 6.07) is 6.68. The van der Waals surface area contributed by atoms with Gasteiger partial charge in [0.05, 0.1) is 6.04 Å². The smallest absolute Gasteiger partial charge is 0.318 e. The molecule has 0 bridgehead atoms. The molecule has 128 valence electrons. The number of aromatic hydroxyl groups is 1. The topological polar surface area (TPSA) is 83.3 Å². The van der Waals surface area contributed by atoms with E-state index in [1.54, 1.807) is 34.0 Å². The van der Waals surface area contributed by atoms with E-state index in [0.29, 0.717) is 18.3 Å². The molecule has 2 amide bonds. The average molecular weight is 329 g/mol. The minimum Gasteiger partial charge on any atom is -0.508 e. The first-order valence-corrected chi connectivity index (χ1v) is 8.20. The minimum atomic E-state index is -0.226. The lowest BCUT2D eigenvalue weighted by Crippen LogP contribution is -2.42. The van der Waals surface area contributed by atoms with Crippen molar-refractivity contribution >= 4 is 6.03 Å². The van der Waals surface area contributed by atoms with Gasteiger partial charge in [0.15, 0.2) is 5.82 Å². The lowest BCUT2D eigenvalue weighted by molar-refractivity contribution is 0.188. The van der Waals surface area contributed by atoms with Crippen LogP contribution in [0.25, 0.3) is 0 Å². The molecule has 1 aromatic heterocycles. The van der Waals surface area contributed by atoms with E-state index in [0.717, 1.165) is 12.1 Å². The van der Waals surface area contributed by atoms with E-state index in [9.17, 15) is 9.90 Å². The van der Waals surface area contributed by atoms with Crippen molar-refractivity contribution in [2.24, 2.45) is 13.0 Å². The summed E-state index contributed by atoms with van der Waals surface area (Å²) in [7, 11) is 1.85. The van der Waals surface area contributed by atoms with Crippen LogP contribution in [0, 0.1) is 5.92 Å². The number of amides is 2. The Kier molecular flexibility index (Phi) is 4.69. The third-order valence-corrected chi connectivity index (χ3v) is 4.22. The van der Waals surface area contributed by atoms with Crippen LogP contribution in [0.3, 0.4) is 0 Å². The zero-order valence-corrected chi connectivity index (χ0v) is 14.0. The molecular weight excluding hydrogens is 306 g/mol. The molecule has 0 spiro atoms. The fraction of sp³-hybridized carbons (Fsp3) is 0.471. The summed E-state index contributed by atoms with van der Waals surface area (Å²) in [5.74, 6) is 1.51. The van der Waals surface area contributed by atoms with Crippen molar-refractivity contribution in [1.29, 1.82) is 0 Å². The third-order valence-electron chi connectivity index (χ3n) is 4.22. The predicted molar refractivity (Wildman–Crippen MR) is 89.2 cm³/mol. The maximum absolute atomic E-state index is 12.7. The number of phenols is 1. The van der Waals surface area contributed by atoms with E-state index in [2.05, 4.69) is 15.5 Å². The highest BCUT2D eigenvalue weighted by molar-refractivity contribution is 5.74. The van der Waals surface area contributed by atoms with Gasteiger partial charge in [-0.1, -0.05) is 12.1 Å². The Morgan fingerprint density at radius 3 is 2.92 bits per heavy atom. The van der Waals surface area contributed by atoms with Crippen LogP contribution in [0.2, 0.25) is 0 Å². The van der Waals surface area contributed by atoms with Gasteiger partial charge in [-0.25, -0.2) is 4.79 Å². The van der Waals surface area contributed by atoms with Gasteiger partial charge in [0.2, 0.25) is 0 Å². The number of carbonyl (C=O) groups excluding carboxylic acids is 1. The SMILES string of the molecule is C[C@H](NC(=O)N(Cc1cccc(O)c1)CC1CC1)c1nncn1C. The van der Waals surface area contributed by atoms with E-state index in [1.165, 1.54) is 12.8 Å². The Morgan fingerprint density at radius 2 is 2.29 bits per heavy atom. The Hall–Kier alpha value is -2.57. The monoisotopic (exact) mass is 329 g/mol. The zero-order chi connectivity index (χ0) is 17.1. The van der Waals surface area contributed by atoms with Gasteiger partial charge in [0.1, 0.15) is 12.1 Å². The van der Waals surface area contributed by atoms with Gasteiger partial charge in [-0.15, -0.1) is 10.2 Å². The van der Waals surface area contributed by atoms with E-state index in [-0.39, 0.29) is 17.8 Å². The van der Waals surface area contributed by atoms with Crippen LogP contribution in [0.5, 0.6) is 5.75 Å². The molecule has 3 rings (SSSR count). The molecular formula is C17H23N5O2. The van der Waals surface area contributed by atoms with Crippen molar-refractivity contribution in [3.05, 3.63) is 42.0 Å². The van der Waals surface area contributed by atoms with Crippen LogP contribution < -0.4 is 5.32 Å². The third kappa shape index (κ3) is 4.04. The van der Waals surface area contributed by atoms with Crippen LogP contribution in [0.1, 0.15) is 37.2 Å². The summed E-state index contributed by atoms with van der Waals surface area (Å²) in [5, 5.41) is 20.5. The second kappa shape index (κ2) is 6.90. The molecule has 1 fully saturated rings. The van der Waals surface area contributed by atoms with E-state index in [1.807, 2.05) is 20.0 Å². The fourth-order valence-corrected chi connectivity index (χ4v) is 2.73. The number of aromatic nitrogens is 3. The van der Waals surface area contributed by atoms with Gasteiger partial charge in [-0.2, -0.15) is 0 Å². The predicted octanol–water partition coefficient (Wildman–Crippen LogP) is 2.20. The molecule has 1 heterocycles. The second-order valence-corrected chi connectivity index (χ2v) is 6.47. The summed E-state index contributed by atoms with van der Waals surface area (Å²) in [5.41, 5.74) is 0.914. The summed E-state index contributed by atoms with van der Waals surface area (Å²) in [6.45, 7) is 3.10. The van der Waals surface area contributed by atoms with E-state index in [4.69, 9.17) is 0 Å². The molecule has 2 aromatic rings. The number of hydrogen-bond acceptors (Lipinski definition) is 4. The Bertz CT molecular complexity index is 711. The van der Waals surface area contributed by atoms with Gasteiger partial charge in [-0.05, 0) is 43.4 Å². The van der Waals surface area contributed by atoms with Crippen LogP contribution in [0.15, 0.2) is 30.6 Å². The van der Waals surface area contributed by atoms with Crippen LogP contribution in [-0.4, -0.2) is 37.3 Å². The van der Waals surface area contributed by atoms with Gasteiger partial charge < -0.3 is 19.9 Å². The average Bonchev–Trinajstić information content (AvgIpc) is 3.25. The first-order valence-electron chi connectivity index (χ1n) is 8.20. The number of aryl methyl sites for hydroxylation is 1. The molecule has 7 nitrogen and oxygen atoms in total. The Balaban J connectivity index is 1.68. The van der Waals surface area contributed by atoms with Crippen molar-refractivity contribution in [1.82, 2.24) is 25.0 Å². The molecule has 2 N–H and O–H groups in total. The quantitative estimate of drug-likeness (QED) is 0.851. The standard InChI is InChI=1S/C17H23N5O2/c1-12(16-20-18-11-21(16)2)19-17(24)22(9-13-6-7-13)10-14-4-3-5-15(23)8-14/h3-5,8,11-13,23H,6-7,9-10H2,1-2H3,(H,19,24)/t12-/m0/s1. The lowest BCUT2D eigenvalue weighted by Gasteiger charge is -2.25. The molecule has 1 saturated carbocycles. The van der Waals surface area contributed by atoms with E-state index < -0.39 is 0 Å². The zero-order valence-electron chi connectivity index (χ0n) is 14.0. The number of hydrogen-bond donors (Lipinski definition) is 2. The molecule has 24 heavy (non-hydrogen) atoms. The highest BCUT2D eigenvalue weighted by atomic mass is 16.3. The normalized spacial score (nSPS) is 15.1. The molecule has 7 heteroatoms. The lowest BCUT2D eigenvalue weighted by atomic mass is 10.2. The van der Waals surface area contributed by atoms with Crippen LogP contribution in [-0.2, 0) is 13.6 Å². The highest BCUT2D eigenvalue weighted by Crippen LogP contribution is 2.30. The number of rotatable bonds is 6. The van der Waals surface area contributed by atoms with Crippen LogP contribution >= 0.6 is 0 Å². The van der Waals surface area contributed by atoms with Gasteiger partial charge in [-0.3, -0.25) is 0 Å². The van der Waals surface area contributed by atoms with Crippen molar-refractivity contribution in [3.8, 4) is 5.75 Å². The first-order chi connectivity index (χ1) is 11.5. The number of benzene rings is 1. The number of carbonyl (C=O) groups is 1. The van der Waals surface area contributed by atoms with Crippen molar-refractivity contribution < 1.29 is 9.90 Å². The van der Waals surface area contributed by atoms with Gasteiger partial charge >= 0.3 is 6.03 Å². The molecule has 0 unspecified atom stereocenters. The number of urea groups is 1. The second-order valence-electron chi connectivity index (χ2n) is 6.47. The molecule has 0 aliphatic heterocycles. The summed E-state index contributed by atoms with van der Waals surface area (Å²) in [6.07, 6.45) is 3.96.